The van der Waals surface area contributed by atoms with Crippen molar-refractivity contribution >= 4 is 64.9 Å². The van der Waals surface area contributed by atoms with E-state index in [0.29, 0.717) is 0 Å². The molecule has 0 fully saturated rings. The van der Waals surface area contributed by atoms with Crippen molar-refractivity contribution in [3.63, 3.8) is 0 Å². The maximum absolute atomic E-state index is 4.63. The van der Waals surface area contributed by atoms with Crippen LogP contribution in [0.4, 0.5) is 5.82 Å². The predicted octanol–water partition coefficient (Wildman–Crippen LogP) is 5.49. The largest absolute Gasteiger partial charge is 0.369 e. The van der Waals surface area contributed by atoms with Gasteiger partial charge < -0.3 is 5.32 Å². The molecule has 0 radical (unpaired) electrons. The Morgan fingerprint density at radius 1 is 1.21 bits per heavy atom. The second-order valence-corrected chi connectivity index (χ2v) is 7.79. The molecular weight excluding hydrogens is 458 g/mol. The van der Waals surface area contributed by atoms with Crippen LogP contribution in [0.3, 0.4) is 0 Å². The maximum Gasteiger partial charge on any atom is 0.172 e. The number of thiophene rings is 1. The van der Waals surface area contributed by atoms with Gasteiger partial charge in [-0.25, -0.2) is 9.97 Å². The third kappa shape index (κ3) is 3.37. The zero-order valence-electron chi connectivity index (χ0n) is 10.4. The Morgan fingerprint density at radius 3 is 2.47 bits per heavy atom. The Kier molecular flexibility index (Phi) is 5.39. The molecule has 2 heterocycles. The van der Waals surface area contributed by atoms with Crippen LogP contribution in [0, 0.1) is 0 Å². The fourth-order valence-corrected chi connectivity index (χ4v) is 4.15. The molecule has 0 aromatic carbocycles. The number of halogens is 3. The first kappa shape index (κ1) is 15.4. The van der Waals surface area contributed by atoms with Gasteiger partial charge in [-0.1, -0.05) is 6.92 Å². The van der Waals surface area contributed by atoms with Crippen molar-refractivity contribution in [1.82, 2.24) is 9.97 Å². The van der Waals surface area contributed by atoms with Gasteiger partial charge in [0.2, 0.25) is 0 Å². The van der Waals surface area contributed by atoms with Crippen LogP contribution in [0.25, 0.3) is 10.7 Å². The molecule has 0 aliphatic rings. The van der Waals surface area contributed by atoms with E-state index in [-0.39, 0.29) is 0 Å². The van der Waals surface area contributed by atoms with Gasteiger partial charge in [-0.3, -0.25) is 0 Å². The molecule has 0 spiro atoms. The highest BCUT2D eigenvalue weighted by atomic mass is 79.9. The minimum absolute atomic E-state index is 0.757. The van der Waals surface area contributed by atoms with Crippen LogP contribution in [0.2, 0.25) is 0 Å². The molecule has 2 rings (SSSR count). The number of nitrogens with zero attached hydrogens (tertiary/aromatic N) is 2. The Morgan fingerprint density at radius 2 is 1.95 bits per heavy atom. The quantitative estimate of drug-likeness (QED) is 0.643. The molecule has 0 aliphatic carbocycles. The average Bonchev–Trinajstić information content (AvgIpc) is 2.72. The van der Waals surface area contributed by atoms with Gasteiger partial charge in [-0.2, -0.15) is 0 Å². The van der Waals surface area contributed by atoms with Crippen molar-refractivity contribution in [3.8, 4) is 10.7 Å². The Labute approximate surface area is 141 Å². The van der Waals surface area contributed by atoms with Crippen molar-refractivity contribution in [2.45, 2.75) is 20.3 Å². The topological polar surface area (TPSA) is 37.8 Å². The van der Waals surface area contributed by atoms with Gasteiger partial charge in [-0.15, -0.1) is 11.3 Å². The smallest absolute Gasteiger partial charge is 0.172 e. The molecule has 1 N–H and O–H groups in total. The summed E-state index contributed by atoms with van der Waals surface area (Å²) in [6.45, 7) is 4.97. The lowest BCUT2D eigenvalue weighted by Gasteiger charge is -2.10. The number of aryl methyl sites for hydroxylation is 1. The van der Waals surface area contributed by atoms with Gasteiger partial charge in [0.25, 0.3) is 0 Å². The lowest BCUT2D eigenvalue weighted by atomic mass is 10.3. The minimum atomic E-state index is 0.757. The predicted molar refractivity (Wildman–Crippen MR) is 92.0 cm³/mol. The van der Waals surface area contributed by atoms with Crippen LogP contribution < -0.4 is 5.32 Å². The lowest BCUT2D eigenvalue weighted by molar-refractivity contribution is 0.986. The van der Waals surface area contributed by atoms with E-state index < -0.39 is 0 Å². The van der Waals surface area contributed by atoms with Gasteiger partial charge >= 0.3 is 0 Å². The van der Waals surface area contributed by atoms with E-state index in [1.165, 1.54) is 0 Å². The van der Waals surface area contributed by atoms with Crippen LogP contribution in [0.1, 0.15) is 19.5 Å². The number of hydrogen-bond acceptors (Lipinski definition) is 4. The highest BCUT2D eigenvalue weighted by Gasteiger charge is 2.14. The summed E-state index contributed by atoms with van der Waals surface area (Å²) in [5.41, 5.74) is 1.02. The summed E-state index contributed by atoms with van der Waals surface area (Å²) in [7, 11) is 0. The summed E-state index contributed by atoms with van der Waals surface area (Å²) in [5.74, 6) is 1.61. The van der Waals surface area contributed by atoms with Crippen molar-refractivity contribution in [1.29, 1.82) is 0 Å². The Balaban J connectivity index is 2.54. The second-order valence-electron chi connectivity index (χ2n) is 3.77. The zero-order chi connectivity index (χ0) is 14.0. The summed E-state index contributed by atoms with van der Waals surface area (Å²) in [5, 5.41) is 3.27. The van der Waals surface area contributed by atoms with E-state index in [4.69, 9.17) is 0 Å². The Bertz CT molecular complexity index is 579. The normalized spacial score (nSPS) is 10.8. The average molecular weight is 470 g/mol. The van der Waals surface area contributed by atoms with Crippen molar-refractivity contribution < 1.29 is 0 Å². The van der Waals surface area contributed by atoms with Crippen LogP contribution in [0.5, 0.6) is 0 Å². The molecule has 0 bridgehead atoms. The first-order chi connectivity index (χ1) is 9.06. The van der Waals surface area contributed by atoms with Crippen molar-refractivity contribution in [2.75, 3.05) is 11.9 Å². The highest BCUT2D eigenvalue weighted by molar-refractivity contribution is 9.13. The summed E-state index contributed by atoms with van der Waals surface area (Å²) >= 11 is 12.2. The number of anilines is 1. The third-order valence-electron chi connectivity index (χ3n) is 2.46. The van der Waals surface area contributed by atoms with Crippen molar-refractivity contribution in [2.24, 2.45) is 0 Å². The number of hydrogen-bond donors (Lipinski definition) is 1. The van der Waals surface area contributed by atoms with E-state index >= 15 is 0 Å². The monoisotopic (exact) mass is 467 g/mol. The summed E-state index contributed by atoms with van der Waals surface area (Å²) in [4.78, 5) is 10.3. The highest BCUT2D eigenvalue weighted by Crippen LogP contribution is 2.38. The maximum atomic E-state index is 4.63. The Hall–Kier alpha value is 0.0200. The molecular formula is C12H12Br3N3S. The minimum Gasteiger partial charge on any atom is -0.369 e. The van der Waals surface area contributed by atoms with Gasteiger partial charge in [0, 0.05) is 11.0 Å². The van der Waals surface area contributed by atoms with Gasteiger partial charge in [0.15, 0.2) is 5.82 Å². The van der Waals surface area contributed by atoms with E-state index in [9.17, 15) is 0 Å². The number of rotatable bonds is 4. The first-order valence-corrected chi connectivity index (χ1v) is 9.01. The van der Waals surface area contributed by atoms with Gasteiger partial charge in [0.1, 0.15) is 5.82 Å². The zero-order valence-corrected chi connectivity index (χ0v) is 16.0. The molecule has 102 valence electrons. The lowest BCUT2D eigenvalue weighted by Crippen LogP contribution is -2.05. The van der Waals surface area contributed by atoms with E-state index in [2.05, 4.69) is 76.9 Å². The van der Waals surface area contributed by atoms with E-state index in [0.717, 1.165) is 47.9 Å². The molecule has 0 saturated heterocycles. The van der Waals surface area contributed by atoms with Gasteiger partial charge in [-0.05, 0) is 67.2 Å². The molecule has 2 aromatic heterocycles. The van der Waals surface area contributed by atoms with Crippen LogP contribution in [-0.4, -0.2) is 16.5 Å². The molecule has 0 aliphatic heterocycles. The molecule has 7 heteroatoms. The van der Waals surface area contributed by atoms with Crippen molar-refractivity contribution in [3.05, 3.63) is 24.5 Å². The molecule has 19 heavy (non-hydrogen) atoms. The number of aromatic nitrogens is 2. The summed E-state index contributed by atoms with van der Waals surface area (Å²) in [6, 6.07) is 2.03. The molecule has 3 nitrogen and oxygen atoms in total. The fraction of sp³-hybridized carbons (Fsp3) is 0.333. The fourth-order valence-electron chi connectivity index (χ4n) is 1.58. The summed E-state index contributed by atoms with van der Waals surface area (Å²) < 4.78 is 3.04. The van der Waals surface area contributed by atoms with Crippen LogP contribution in [-0.2, 0) is 6.42 Å². The second kappa shape index (κ2) is 6.65. The van der Waals surface area contributed by atoms with Gasteiger partial charge in [0.05, 0.1) is 18.8 Å². The van der Waals surface area contributed by atoms with E-state index in [1.54, 1.807) is 11.3 Å². The third-order valence-corrected chi connectivity index (χ3v) is 6.55. The molecule has 0 saturated carbocycles. The molecule has 0 unspecified atom stereocenters. The first-order valence-electron chi connectivity index (χ1n) is 5.82. The SMILES string of the molecule is CCNc1nc(-c2cc(Br)c(Br)s2)nc(CC)c1Br. The molecule has 2 aromatic rings. The van der Waals surface area contributed by atoms with Crippen LogP contribution in [0.15, 0.2) is 18.8 Å². The standard InChI is InChI=1S/C12H12Br3N3S/c1-3-7-9(14)12(16-4-2)18-11(17-7)8-5-6(13)10(15)19-8/h5H,3-4H2,1-2H3,(H,16,17,18). The molecule has 0 atom stereocenters. The summed E-state index contributed by atoms with van der Waals surface area (Å²) in [6.07, 6.45) is 0.863. The number of nitrogens with one attached hydrogen (secondary N) is 1. The van der Waals surface area contributed by atoms with Crippen LogP contribution >= 0.6 is 59.1 Å². The molecule has 0 amide bonds. The van der Waals surface area contributed by atoms with E-state index in [1.807, 2.05) is 6.07 Å².